The molecule has 2 fully saturated rings. The summed E-state index contributed by atoms with van der Waals surface area (Å²) in [6.45, 7) is 4.44. The molecule has 2 rings (SSSR count). The van der Waals surface area contributed by atoms with Gasteiger partial charge in [-0.05, 0) is 31.1 Å². The number of hydrogen-bond donors (Lipinski definition) is 3. The molecule has 6 nitrogen and oxygen atoms in total. The molecule has 1 saturated carbocycles. The number of rotatable bonds is 6. The molecule has 0 spiro atoms. The Balaban J connectivity index is 1.71. The second kappa shape index (κ2) is 6.54. The van der Waals surface area contributed by atoms with Gasteiger partial charge >= 0.3 is 0 Å². The third-order valence-electron chi connectivity index (χ3n) is 4.01. The largest absolute Gasteiger partial charge is 0.376 e. The summed E-state index contributed by atoms with van der Waals surface area (Å²) in [7, 11) is 0. The molecule has 0 aromatic rings. The van der Waals surface area contributed by atoms with Crippen molar-refractivity contribution < 1.29 is 14.3 Å². The van der Waals surface area contributed by atoms with E-state index >= 15 is 0 Å². The van der Waals surface area contributed by atoms with Crippen molar-refractivity contribution in [3.8, 4) is 0 Å². The lowest BCUT2D eigenvalue weighted by Gasteiger charge is -2.20. The first kappa shape index (κ1) is 15.3. The quantitative estimate of drug-likeness (QED) is 0.627. The van der Waals surface area contributed by atoms with Crippen LogP contribution in [0.5, 0.6) is 0 Å². The van der Waals surface area contributed by atoms with Gasteiger partial charge in [-0.25, -0.2) is 0 Å². The zero-order valence-electron chi connectivity index (χ0n) is 12.2. The van der Waals surface area contributed by atoms with Crippen molar-refractivity contribution in [2.24, 2.45) is 17.6 Å². The topological polar surface area (TPSA) is 93.5 Å². The number of ether oxygens (including phenoxy) is 1. The van der Waals surface area contributed by atoms with E-state index in [4.69, 9.17) is 10.5 Å². The minimum absolute atomic E-state index is 0.0207. The van der Waals surface area contributed by atoms with Crippen LogP contribution in [0.25, 0.3) is 0 Å². The predicted octanol–water partition coefficient (Wildman–Crippen LogP) is -0.230. The first-order valence-electron chi connectivity index (χ1n) is 7.43. The van der Waals surface area contributed by atoms with Gasteiger partial charge in [0.15, 0.2) is 0 Å². The van der Waals surface area contributed by atoms with E-state index in [1.165, 1.54) is 12.8 Å². The highest BCUT2D eigenvalue weighted by atomic mass is 16.5. The van der Waals surface area contributed by atoms with Crippen LogP contribution in [0.1, 0.15) is 33.1 Å². The maximum absolute atomic E-state index is 11.9. The second-order valence-electron chi connectivity index (χ2n) is 6.12. The van der Waals surface area contributed by atoms with Crippen molar-refractivity contribution in [1.29, 1.82) is 0 Å². The van der Waals surface area contributed by atoms with E-state index in [2.05, 4.69) is 10.6 Å². The number of hydrogen-bond acceptors (Lipinski definition) is 4. The molecule has 1 aliphatic heterocycles. The van der Waals surface area contributed by atoms with Crippen molar-refractivity contribution >= 4 is 11.8 Å². The summed E-state index contributed by atoms with van der Waals surface area (Å²) < 4.78 is 5.66. The maximum atomic E-state index is 11.9. The van der Waals surface area contributed by atoms with E-state index in [0.717, 1.165) is 6.42 Å². The molecule has 2 aliphatic rings. The average molecular weight is 283 g/mol. The Bertz CT molecular complexity index is 369. The fraction of sp³-hybridized carbons (Fsp3) is 0.857. The highest BCUT2D eigenvalue weighted by molar-refractivity contribution is 5.87. The molecule has 4 N–H and O–H groups in total. The Morgan fingerprint density at radius 2 is 2.00 bits per heavy atom. The summed E-state index contributed by atoms with van der Waals surface area (Å²) in [4.78, 5) is 23.5. The molecule has 2 amide bonds. The summed E-state index contributed by atoms with van der Waals surface area (Å²) in [5, 5.41) is 5.53. The molecule has 1 aliphatic carbocycles. The Hall–Kier alpha value is -1.14. The van der Waals surface area contributed by atoms with Crippen LogP contribution in [0.2, 0.25) is 0 Å². The van der Waals surface area contributed by atoms with Crippen molar-refractivity contribution in [3.05, 3.63) is 0 Å². The smallest absolute Gasteiger partial charge is 0.239 e. The summed E-state index contributed by atoms with van der Waals surface area (Å²) >= 11 is 0. The number of amides is 2. The molecule has 1 saturated heterocycles. The first-order chi connectivity index (χ1) is 9.49. The van der Waals surface area contributed by atoms with Gasteiger partial charge in [0.25, 0.3) is 0 Å². The van der Waals surface area contributed by atoms with Gasteiger partial charge in [-0.3, -0.25) is 9.59 Å². The molecular weight excluding hydrogens is 258 g/mol. The molecule has 3 atom stereocenters. The minimum atomic E-state index is -0.572. The van der Waals surface area contributed by atoms with Crippen molar-refractivity contribution in [3.63, 3.8) is 0 Å². The van der Waals surface area contributed by atoms with Crippen molar-refractivity contribution in [2.45, 2.75) is 51.3 Å². The van der Waals surface area contributed by atoms with Gasteiger partial charge in [0.2, 0.25) is 11.8 Å². The third-order valence-corrected chi connectivity index (χ3v) is 4.01. The average Bonchev–Trinajstić information content (AvgIpc) is 3.15. The van der Waals surface area contributed by atoms with Gasteiger partial charge in [-0.15, -0.1) is 0 Å². The molecule has 2 unspecified atom stereocenters. The van der Waals surface area contributed by atoms with Crippen LogP contribution in [-0.2, 0) is 14.3 Å². The van der Waals surface area contributed by atoms with Gasteiger partial charge in [0.1, 0.15) is 0 Å². The van der Waals surface area contributed by atoms with Crippen LogP contribution < -0.4 is 16.4 Å². The standard InChI is InChI=1S/C14H25N3O3/c1-8(2)12(15)14(19)16-7-11(18)17-10-5-6-20-13(10)9-3-4-9/h8-10,12-13H,3-7,15H2,1-2H3,(H,16,19)(H,17,18)/t10?,12-,13?/m0/s1. The molecule has 6 heteroatoms. The zero-order chi connectivity index (χ0) is 14.7. The Morgan fingerprint density at radius 1 is 1.30 bits per heavy atom. The van der Waals surface area contributed by atoms with Crippen LogP contribution >= 0.6 is 0 Å². The number of carbonyl (C=O) groups excluding carboxylic acids is 2. The highest BCUT2D eigenvalue weighted by Gasteiger charge is 2.41. The lowest BCUT2D eigenvalue weighted by atomic mass is 10.1. The van der Waals surface area contributed by atoms with E-state index in [1.807, 2.05) is 13.8 Å². The fourth-order valence-electron chi connectivity index (χ4n) is 2.50. The van der Waals surface area contributed by atoms with E-state index in [1.54, 1.807) is 0 Å². The highest BCUT2D eigenvalue weighted by Crippen LogP contribution is 2.38. The van der Waals surface area contributed by atoms with Gasteiger partial charge < -0.3 is 21.1 Å². The second-order valence-corrected chi connectivity index (χ2v) is 6.12. The zero-order valence-corrected chi connectivity index (χ0v) is 12.2. The molecular formula is C14H25N3O3. The summed E-state index contributed by atoms with van der Waals surface area (Å²) in [5.41, 5.74) is 5.72. The van der Waals surface area contributed by atoms with Crippen molar-refractivity contribution in [2.75, 3.05) is 13.2 Å². The molecule has 0 aromatic heterocycles. The van der Waals surface area contributed by atoms with E-state index < -0.39 is 6.04 Å². The van der Waals surface area contributed by atoms with Crippen LogP contribution in [0.3, 0.4) is 0 Å². The van der Waals surface area contributed by atoms with E-state index in [-0.39, 0.29) is 36.4 Å². The lowest BCUT2D eigenvalue weighted by Crippen LogP contribution is -2.49. The summed E-state index contributed by atoms with van der Waals surface area (Å²) in [6, 6.07) is -0.484. The molecule has 0 aromatic carbocycles. The monoisotopic (exact) mass is 283 g/mol. The first-order valence-corrected chi connectivity index (χ1v) is 7.43. The lowest BCUT2D eigenvalue weighted by molar-refractivity contribution is -0.127. The molecule has 0 radical (unpaired) electrons. The fourth-order valence-corrected chi connectivity index (χ4v) is 2.50. The van der Waals surface area contributed by atoms with Crippen LogP contribution in [0.15, 0.2) is 0 Å². The number of nitrogens with two attached hydrogens (primary N) is 1. The number of nitrogens with one attached hydrogen (secondary N) is 2. The van der Waals surface area contributed by atoms with Gasteiger partial charge in [0, 0.05) is 6.61 Å². The minimum Gasteiger partial charge on any atom is -0.376 e. The maximum Gasteiger partial charge on any atom is 0.239 e. The molecule has 1 heterocycles. The van der Waals surface area contributed by atoms with Gasteiger partial charge in [0.05, 0.1) is 24.7 Å². The van der Waals surface area contributed by atoms with Gasteiger partial charge in [-0.1, -0.05) is 13.8 Å². The van der Waals surface area contributed by atoms with E-state index in [0.29, 0.717) is 12.5 Å². The Morgan fingerprint density at radius 3 is 2.60 bits per heavy atom. The van der Waals surface area contributed by atoms with Crippen LogP contribution in [0, 0.1) is 11.8 Å². The van der Waals surface area contributed by atoms with E-state index in [9.17, 15) is 9.59 Å². The van der Waals surface area contributed by atoms with Crippen molar-refractivity contribution in [1.82, 2.24) is 10.6 Å². The third kappa shape index (κ3) is 3.93. The predicted molar refractivity (Wildman–Crippen MR) is 74.8 cm³/mol. The summed E-state index contributed by atoms with van der Waals surface area (Å²) in [6.07, 6.45) is 3.40. The Labute approximate surface area is 119 Å². The van der Waals surface area contributed by atoms with Gasteiger partial charge in [-0.2, -0.15) is 0 Å². The molecule has 114 valence electrons. The number of carbonyl (C=O) groups is 2. The molecule has 20 heavy (non-hydrogen) atoms. The SMILES string of the molecule is CC(C)[C@H](N)C(=O)NCC(=O)NC1CCOC1C1CC1. The van der Waals surface area contributed by atoms with Crippen LogP contribution in [-0.4, -0.2) is 43.2 Å². The van der Waals surface area contributed by atoms with Crippen LogP contribution in [0.4, 0.5) is 0 Å². The molecule has 0 bridgehead atoms. The Kier molecular flexibility index (Phi) is 4.99. The normalized spacial score (nSPS) is 27.4. The summed E-state index contributed by atoms with van der Waals surface area (Å²) in [5.74, 6) is 0.208.